The maximum absolute atomic E-state index is 14.2. The lowest BCUT2D eigenvalue weighted by Crippen LogP contribution is -2.32. The van der Waals surface area contributed by atoms with Crippen molar-refractivity contribution in [2.24, 2.45) is 5.84 Å². The van der Waals surface area contributed by atoms with Crippen LogP contribution in [0.1, 0.15) is 36.7 Å². The van der Waals surface area contributed by atoms with E-state index in [1.165, 1.54) is 18.2 Å². The van der Waals surface area contributed by atoms with Crippen LogP contribution in [0.15, 0.2) is 41.3 Å². The average Bonchev–Trinajstić information content (AvgIpc) is 2.57. The summed E-state index contributed by atoms with van der Waals surface area (Å²) in [5.74, 6) is 2.96. The minimum atomic E-state index is -4.05. The van der Waals surface area contributed by atoms with Crippen molar-refractivity contribution in [3.63, 3.8) is 0 Å². The van der Waals surface area contributed by atoms with Crippen LogP contribution in [0.5, 0.6) is 0 Å². The number of amides is 1. The van der Waals surface area contributed by atoms with Crippen molar-refractivity contribution in [3.05, 3.63) is 58.4 Å². The lowest BCUT2D eigenvalue weighted by atomic mass is 9.87. The first-order chi connectivity index (χ1) is 12.0. The summed E-state index contributed by atoms with van der Waals surface area (Å²) in [6, 6.07) is 8.62. The molecule has 0 heterocycles. The van der Waals surface area contributed by atoms with Crippen LogP contribution >= 0.6 is 11.6 Å². The van der Waals surface area contributed by atoms with Gasteiger partial charge < -0.3 is 0 Å². The largest absolute Gasteiger partial charge is 0.290 e. The van der Waals surface area contributed by atoms with Crippen molar-refractivity contribution in [1.82, 2.24) is 5.43 Å². The third-order valence-electron chi connectivity index (χ3n) is 3.73. The van der Waals surface area contributed by atoms with E-state index in [1.807, 2.05) is 20.8 Å². The molecule has 0 aliphatic heterocycles. The van der Waals surface area contributed by atoms with Gasteiger partial charge in [-0.1, -0.05) is 44.5 Å². The topological polar surface area (TPSA) is 101 Å². The zero-order chi connectivity index (χ0) is 19.7. The molecule has 2 aromatic carbocycles. The number of hydrogen-bond donors (Lipinski definition) is 3. The highest BCUT2D eigenvalue weighted by molar-refractivity contribution is 7.92. The molecule has 26 heavy (non-hydrogen) atoms. The van der Waals surface area contributed by atoms with E-state index in [1.54, 1.807) is 17.6 Å². The monoisotopic (exact) mass is 399 g/mol. The zero-order valence-electron chi connectivity index (χ0n) is 14.4. The van der Waals surface area contributed by atoms with Crippen molar-refractivity contribution in [2.75, 3.05) is 4.72 Å². The van der Waals surface area contributed by atoms with Gasteiger partial charge in [-0.2, -0.15) is 0 Å². The number of nitrogens with one attached hydrogen (secondary N) is 2. The van der Waals surface area contributed by atoms with Crippen LogP contribution in [0, 0.1) is 5.82 Å². The summed E-state index contributed by atoms with van der Waals surface area (Å²) < 4.78 is 41.6. The minimum Gasteiger partial charge on any atom is -0.290 e. The highest BCUT2D eigenvalue weighted by atomic mass is 35.5. The second-order valence-electron chi connectivity index (χ2n) is 6.64. The molecular formula is C17H19ClFN3O3S. The van der Waals surface area contributed by atoms with Gasteiger partial charge in [-0.25, -0.2) is 18.7 Å². The summed E-state index contributed by atoms with van der Waals surface area (Å²) in [5.41, 5.74) is 1.73. The molecule has 0 radical (unpaired) electrons. The summed E-state index contributed by atoms with van der Waals surface area (Å²) in [7, 11) is -4.05. The standard InChI is InChI=1S/C17H19ClFN3O3S/c1-17(2,3)10-4-6-11(7-5-10)26(24,25)22-13-9-8-12(18)15(19)14(13)16(23)21-20/h4-9,22H,20H2,1-3H3,(H,21,23). The molecule has 0 aliphatic carbocycles. The van der Waals surface area contributed by atoms with Gasteiger partial charge in [-0.05, 0) is 35.2 Å². The maximum atomic E-state index is 14.2. The SMILES string of the molecule is CC(C)(C)c1ccc(S(=O)(=O)Nc2ccc(Cl)c(F)c2C(=O)NN)cc1. The molecule has 4 N–H and O–H groups in total. The van der Waals surface area contributed by atoms with Gasteiger partial charge in [0.25, 0.3) is 15.9 Å². The smallest absolute Gasteiger partial charge is 0.270 e. The molecule has 9 heteroatoms. The number of halogens is 2. The molecule has 0 aliphatic rings. The summed E-state index contributed by atoms with van der Waals surface area (Å²) in [5, 5.41) is -0.332. The number of carbonyl (C=O) groups is 1. The van der Waals surface area contributed by atoms with Gasteiger partial charge in [0.15, 0.2) is 5.82 Å². The van der Waals surface area contributed by atoms with Gasteiger partial charge in [-0.3, -0.25) is 14.9 Å². The Kier molecular flexibility index (Phi) is 5.60. The molecule has 2 rings (SSSR count). The van der Waals surface area contributed by atoms with E-state index in [0.717, 1.165) is 11.6 Å². The molecule has 140 valence electrons. The second kappa shape index (κ2) is 7.22. The zero-order valence-corrected chi connectivity index (χ0v) is 16.0. The van der Waals surface area contributed by atoms with Crippen LogP contribution in [0.3, 0.4) is 0 Å². The van der Waals surface area contributed by atoms with Crippen molar-refractivity contribution in [2.45, 2.75) is 31.1 Å². The Morgan fingerprint density at radius 1 is 1.12 bits per heavy atom. The van der Waals surface area contributed by atoms with Crippen LogP contribution in [0.2, 0.25) is 5.02 Å². The molecule has 0 saturated heterocycles. The highest BCUT2D eigenvalue weighted by Gasteiger charge is 2.24. The Bertz CT molecular complexity index is 939. The van der Waals surface area contributed by atoms with Crippen molar-refractivity contribution >= 4 is 33.2 Å². The second-order valence-corrected chi connectivity index (χ2v) is 8.73. The number of hydrazine groups is 1. The van der Waals surface area contributed by atoms with Crippen LogP contribution < -0.4 is 16.0 Å². The molecule has 0 fully saturated rings. The first kappa shape index (κ1) is 20.2. The molecule has 0 unspecified atom stereocenters. The average molecular weight is 400 g/mol. The van der Waals surface area contributed by atoms with E-state index >= 15 is 0 Å². The fraction of sp³-hybridized carbons (Fsp3) is 0.235. The van der Waals surface area contributed by atoms with Gasteiger partial charge in [0, 0.05) is 0 Å². The van der Waals surface area contributed by atoms with Crippen molar-refractivity contribution < 1.29 is 17.6 Å². The van der Waals surface area contributed by atoms with Crippen LogP contribution in [0.4, 0.5) is 10.1 Å². The third-order valence-corrected chi connectivity index (χ3v) is 5.40. The summed E-state index contributed by atoms with van der Waals surface area (Å²) in [6.45, 7) is 6.01. The number of rotatable bonds is 4. The molecule has 2 aromatic rings. The fourth-order valence-electron chi connectivity index (χ4n) is 2.27. The number of nitrogens with two attached hydrogens (primary N) is 1. The normalized spacial score (nSPS) is 11.9. The van der Waals surface area contributed by atoms with Crippen LogP contribution in [0.25, 0.3) is 0 Å². The number of nitrogen functional groups attached to an aromatic ring is 1. The molecule has 0 aromatic heterocycles. The predicted octanol–water partition coefficient (Wildman–Crippen LogP) is 3.18. The maximum Gasteiger partial charge on any atom is 0.270 e. The molecule has 1 amide bonds. The van der Waals surface area contributed by atoms with Crippen molar-refractivity contribution in [1.29, 1.82) is 0 Å². The van der Waals surface area contributed by atoms with Crippen LogP contribution in [-0.2, 0) is 15.4 Å². The van der Waals surface area contributed by atoms with E-state index in [-0.39, 0.29) is 21.0 Å². The van der Waals surface area contributed by atoms with Gasteiger partial charge >= 0.3 is 0 Å². The van der Waals surface area contributed by atoms with Gasteiger partial charge in [0.1, 0.15) is 5.56 Å². The summed E-state index contributed by atoms with van der Waals surface area (Å²) in [4.78, 5) is 11.8. The molecule has 0 spiro atoms. The third kappa shape index (κ3) is 4.14. The number of anilines is 1. The van der Waals surface area contributed by atoms with Gasteiger partial charge in [0.05, 0.1) is 15.6 Å². The number of hydrogen-bond acceptors (Lipinski definition) is 4. The number of carbonyl (C=O) groups excluding carboxylic acids is 1. The molecule has 0 saturated carbocycles. The molecule has 6 nitrogen and oxygen atoms in total. The Morgan fingerprint density at radius 3 is 2.19 bits per heavy atom. The number of benzene rings is 2. The first-order valence-corrected chi connectivity index (χ1v) is 9.46. The summed E-state index contributed by atoms with van der Waals surface area (Å²) >= 11 is 5.66. The predicted molar refractivity (Wildman–Crippen MR) is 99.0 cm³/mol. The van der Waals surface area contributed by atoms with E-state index in [4.69, 9.17) is 17.4 Å². The fourth-order valence-corrected chi connectivity index (χ4v) is 3.50. The van der Waals surface area contributed by atoms with E-state index in [0.29, 0.717) is 0 Å². The minimum absolute atomic E-state index is 0.0278. The van der Waals surface area contributed by atoms with E-state index < -0.39 is 27.3 Å². The van der Waals surface area contributed by atoms with E-state index in [2.05, 4.69) is 4.72 Å². The Labute approximate surface area is 156 Å². The lowest BCUT2D eigenvalue weighted by molar-refractivity contribution is 0.0950. The molecule has 0 bridgehead atoms. The highest BCUT2D eigenvalue weighted by Crippen LogP contribution is 2.28. The Morgan fingerprint density at radius 2 is 1.69 bits per heavy atom. The first-order valence-electron chi connectivity index (χ1n) is 7.59. The Hall–Kier alpha value is -2.16. The molecule has 0 atom stereocenters. The quantitative estimate of drug-likeness (QED) is 0.417. The van der Waals surface area contributed by atoms with Crippen LogP contribution in [-0.4, -0.2) is 14.3 Å². The van der Waals surface area contributed by atoms with Gasteiger partial charge in [0.2, 0.25) is 0 Å². The van der Waals surface area contributed by atoms with Crippen molar-refractivity contribution in [3.8, 4) is 0 Å². The molecular weight excluding hydrogens is 381 g/mol. The van der Waals surface area contributed by atoms with Gasteiger partial charge in [-0.15, -0.1) is 0 Å². The lowest BCUT2D eigenvalue weighted by Gasteiger charge is -2.19. The van der Waals surface area contributed by atoms with E-state index in [9.17, 15) is 17.6 Å². The Balaban J connectivity index is 2.44. The summed E-state index contributed by atoms with van der Waals surface area (Å²) in [6.07, 6.45) is 0. The number of sulfonamides is 1.